The van der Waals surface area contributed by atoms with Gasteiger partial charge in [-0.05, 0) is 148 Å². The molecule has 0 heterocycles. The van der Waals surface area contributed by atoms with E-state index in [1.54, 1.807) is 0 Å². The van der Waals surface area contributed by atoms with Gasteiger partial charge in [0, 0.05) is 23.2 Å². The first-order chi connectivity index (χ1) is 28.4. The third-order valence-electron chi connectivity index (χ3n) is 15.1. The Morgan fingerprint density at radius 2 is 0.741 bits per heavy atom. The molecule has 6 nitrogen and oxygen atoms in total. The third-order valence-corrected chi connectivity index (χ3v) is 15.1. The number of benzene rings is 4. The standard InChI is InChI=1S/C52H68N2O4/c53-43-31-23-37(24-32-43)17-15-35-19-27-41(28-20-35)51(55)57-49(47-13-5-9-39-7-1-3-11-45(39)47)50(48-14-6-10-40-8-2-4-12-46(40)48)58-52(56)42-29-21-36(22-30-42)16-18-38-25-33-44(54)34-26-38/h1-14,35-38,41-44,49-50H,15-34,53-54H2/t35?,36?,37?,38?,41?,42?,43?,44?,49-,50-/m1/s1. The van der Waals surface area contributed by atoms with Crippen LogP contribution in [0.25, 0.3) is 21.5 Å². The van der Waals surface area contributed by atoms with E-state index in [1.807, 2.05) is 36.4 Å². The van der Waals surface area contributed by atoms with E-state index in [2.05, 4.69) is 48.5 Å². The second-order valence-corrected chi connectivity index (χ2v) is 19.0. The minimum Gasteiger partial charge on any atom is -0.453 e. The van der Waals surface area contributed by atoms with Gasteiger partial charge < -0.3 is 20.9 Å². The maximum absolute atomic E-state index is 14.5. The van der Waals surface area contributed by atoms with Gasteiger partial charge in [0.05, 0.1) is 11.8 Å². The molecular weight excluding hydrogens is 717 g/mol. The highest BCUT2D eigenvalue weighted by atomic mass is 16.6. The van der Waals surface area contributed by atoms with E-state index < -0.39 is 12.2 Å². The second kappa shape index (κ2) is 19.5. The summed E-state index contributed by atoms with van der Waals surface area (Å²) < 4.78 is 13.6. The fourth-order valence-electron chi connectivity index (χ4n) is 11.3. The van der Waals surface area contributed by atoms with Gasteiger partial charge in [-0.1, -0.05) is 111 Å². The van der Waals surface area contributed by atoms with Gasteiger partial charge in [-0.15, -0.1) is 0 Å². The predicted octanol–water partition coefficient (Wildman–Crippen LogP) is 12.1. The van der Waals surface area contributed by atoms with Crippen LogP contribution >= 0.6 is 0 Å². The number of nitrogens with two attached hydrogens (primary N) is 2. The molecule has 0 bridgehead atoms. The molecule has 0 saturated heterocycles. The molecule has 4 N–H and O–H groups in total. The number of esters is 2. The van der Waals surface area contributed by atoms with Gasteiger partial charge in [0.25, 0.3) is 0 Å². The molecule has 0 amide bonds. The summed E-state index contributed by atoms with van der Waals surface area (Å²) >= 11 is 0. The number of carbonyl (C=O) groups excluding carboxylic acids is 2. The molecule has 4 aromatic carbocycles. The van der Waals surface area contributed by atoms with Crippen LogP contribution in [0.15, 0.2) is 84.9 Å². The highest BCUT2D eigenvalue weighted by Crippen LogP contribution is 2.45. The quantitative estimate of drug-likeness (QED) is 0.131. The summed E-state index contributed by atoms with van der Waals surface area (Å²) in [5.41, 5.74) is 14.1. The van der Waals surface area contributed by atoms with Gasteiger partial charge in [0.15, 0.2) is 12.2 Å². The van der Waals surface area contributed by atoms with Crippen molar-refractivity contribution in [3.8, 4) is 0 Å². The van der Waals surface area contributed by atoms with Crippen molar-refractivity contribution in [2.75, 3.05) is 0 Å². The van der Waals surface area contributed by atoms with E-state index in [1.165, 1.54) is 51.4 Å². The van der Waals surface area contributed by atoms with Crippen LogP contribution in [-0.4, -0.2) is 24.0 Å². The average molecular weight is 785 g/mol. The van der Waals surface area contributed by atoms with Crippen molar-refractivity contribution in [2.24, 2.45) is 47.0 Å². The van der Waals surface area contributed by atoms with Crippen LogP contribution in [0.5, 0.6) is 0 Å². The molecular formula is C52H68N2O4. The van der Waals surface area contributed by atoms with Crippen molar-refractivity contribution in [1.82, 2.24) is 0 Å². The van der Waals surface area contributed by atoms with Gasteiger partial charge in [0.2, 0.25) is 0 Å². The molecule has 4 aliphatic carbocycles. The van der Waals surface area contributed by atoms with Crippen molar-refractivity contribution in [3.63, 3.8) is 0 Å². The zero-order valence-corrected chi connectivity index (χ0v) is 34.8. The monoisotopic (exact) mass is 785 g/mol. The summed E-state index contributed by atoms with van der Waals surface area (Å²) in [5.74, 6) is 2.28. The molecule has 58 heavy (non-hydrogen) atoms. The Morgan fingerprint density at radius 1 is 0.431 bits per heavy atom. The van der Waals surface area contributed by atoms with E-state index in [-0.39, 0.29) is 23.8 Å². The molecule has 4 fully saturated rings. The van der Waals surface area contributed by atoms with Gasteiger partial charge >= 0.3 is 11.9 Å². The second-order valence-electron chi connectivity index (χ2n) is 19.0. The summed E-state index contributed by atoms with van der Waals surface area (Å²) in [7, 11) is 0. The number of rotatable bonds is 13. The van der Waals surface area contributed by atoms with E-state index in [4.69, 9.17) is 20.9 Å². The number of fused-ring (bicyclic) bond motifs is 2. The van der Waals surface area contributed by atoms with Gasteiger partial charge in [-0.2, -0.15) is 0 Å². The molecule has 310 valence electrons. The molecule has 2 atom stereocenters. The molecule has 0 unspecified atom stereocenters. The lowest BCUT2D eigenvalue weighted by Gasteiger charge is -2.34. The zero-order chi connectivity index (χ0) is 39.8. The Labute approximate surface area is 347 Å². The normalized spacial score (nSPS) is 29.1. The fourth-order valence-corrected chi connectivity index (χ4v) is 11.3. The number of ether oxygens (including phenoxy) is 2. The fraction of sp³-hybridized carbons (Fsp3) is 0.577. The molecule has 4 aromatic rings. The van der Waals surface area contributed by atoms with Gasteiger partial charge in [0.1, 0.15) is 0 Å². The summed E-state index contributed by atoms with van der Waals surface area (Å²) in [6, 6.07) is 29.7. The summed E-state index contributed by atoms with van der Waals surface area (Å²) in [4.78, 5) is 29.0. The first-order valence-corrected chi connectivity index (χ1v) is 23.3. The predicted molar refractivity (Wildman–Crippen MR) is 235 cm³/mol. The Balaban J connectivity index is 1.01. The van der Waals surface area contributed by atoms with E-state index in [0.29, 0.717) is 23.9 Å². The summed E-state index contributed by atoms with van der Waals surface area (Å²) in [6.07, 6.45) is 20.8. The Morgan fingerprint density at radius 3 is 1.10 bits per heavy atom. The van der Waals surface area contributed by atoms with Crippen LogP contribution < -0.4 is 11.5 Å². The first-order valence-electron chi connectivity index (χ1n) is 23.3. The molecule has 0 aliphatic heterocycles. The Kier molecular flexibility index (Phi) is 13.8. The SMILES string of the molecule is NC1CCC(CCC2CCC(C(=O)O[C@H](c3cccc4ccccc34)[C@H](OC(=O)C3CCC(CCC4CCC(N)CC4)CC3)c3cccc4ccccc34)CC2)CC1. The first kappa shape index (κ1) is 41.0. The van der Waals surface area contributed by atoms with Crippen LogP contribution in [0.4, 0.5) is 0 Å². The minimum atomic E-state index is -0.802. The largest absolute Gasteiger partial charge is 0.453 e. The lowest BCUT2D eigenvalue weighted by molar-refractivity contribution is -0.176. The Hall–Kier alpha value is -3.74. The van der Waals surface area contributed by atoms with Crippen LogP contribution in [0.2, 0.25) is 0 Å². The van der Waals surface area contributed by atoms with Crippen LogP contribution in [-0.2, 0) is 19.1 Å². The lowest BCUT2D eigenvalue weighted by Crippen LogP contribution is -2.31. The maximum Gasteiger partial charge on any atom is 0.309 e. The maximum atomic E-state index is 14.5. The third kappa shape index (κ3) is 10.2. The molecule has 8 rings (SSSR count). The van der Waals surface area contributed by atoms with Gasteiger partial charge in [-0.25, -0.2) is 0 Å². The van der Waals surface area contributed by atoms with Crippen molar-refractivity contribution >= 4 is 33.5 Å². The van der Waals surface area contributed by atoms with Crippen molar-refractivity contribution in [3.05, 3.63) is 96.1 Å². The highest BCUT2D eigenvalue weighted by Gasteiger charge is 2.39. The minimum absolute atomic E-state index is 0.161. The molecule has 0 aromatic heterocycles. The topological polar surface area (TPSA) is 105 Å². The van der Waals surface area contributed by atoms with Crippen molar-refractivity contribution in [2.45, 2.75) is 153 Å². The Bertz CT molecular complexity index is 1790. The van der Waals surface area contributed by atoms with Crippen molar-refractivity contribution < 1.29 is 19.1 Å². The number of hydrogen-bond acceptors (Lipinski definition) is 6. The van der Waals surface area contributed by atoms with Gasteiger partial charge in [-0.3, -0.25) is 9.59 Å². The molecule has 4 saturated carbocycles. The number of carbonyl (C=O) groups is 2. The zero-order valence-electron chi connectivity index (χ0n) is 34.8. The summed E-state index contributed by atoms with van der Waals surface area (Å²) in [5, 5.41) is 4.16. The smallest absolute Gasteiger partial charge is 0.309 e. The highest BCUT2D eigenvalue weighted by molar-refractivity contribution is 5.88. The number of hydrogen-bond donors (Lipinski definition) is 2. The van der Waals surface area contributed by atoms with Crippen LogP contribution in [0, 0.1) is 35.5 Å². The summed E-state index contributed by atoms with van der Waals surface area (Å²) in [6.45, 7) is 0. The van der Waals surface area contributed by atoms with Crippen LogP contribution in [0.1, 0.15) is 152 Å². The average Bonchev–Trinajstić information content (AvgIpc) is 3.27. The molecule has 0 spiro atoms. The van der Waals surface area contributed by atoms with E-state index in [9.17, 15) is 9.59 Å². The van der Waals surface area contributed by atoms with Crippen LogP contribution in [0.3, 0.4) is 0 Å². The molecule has 0 radical (unpaired) electrons. The van der Waals surface area contributed by atoms with Crippen molar-refractivity contribution in [1.29, 1.82) is 0 Å². The van der Waals surface area contributed by atoms with E-state index in [0.717, 1.165) is 122 Å². The molecule has 4 aliphatic rings. The molecule has 6 heteroatoms. The van der Waals surface area contributed by atoms with E-state index >= 15 is 0 Å². The lowest BCUT2D eigenvalue weighted by atomic mass is 9.76.